The number of benzene rings is 2. The number of piperazine rings is 1. The number of rotatable bonds is 13. The van der Waals surface area contributed by atoms with Crippen LogP contribution >= 0.6 is 0 Å². The molecule has 0 saturated carbocycles. The van der Waals surface area contributed by atoms with E-state index in [0.29, 0.717) is 28.9 Å². The molecular formula is C36H43N5O10. The first-order valence-electron chi connectivity index (χ1n) is 16.9. The number of aliphatic carboxylic acids is 1. The van der Waals surface area contributed by atoms with E-state index in [2.05, 4.69) is 10.3 Å². The Morgan fingerprint density at radius 1 is 0.941 bits per heavy atom. The summed E-state index contributed by atoms with van der Waals surface area (Å²) in [5, 5.41) is 12.6. The number of aromatic nitrogens is 1. The molecule has 15 heteroatoms. The van der Waals surface area contributed by atoms with E-state index in [1.165, 1.54) is 15.9 Å². The van der Waals surface area contributed by atoms with E-state index < -0.39 is 29.9 Å². The third-order valence-corrected chi connectivity index (χ3v) is 9.00. The molecule has 2 aliphatic heterocycles. The van der Waals surface area contributed by atoms with Gasteiger partial charge in [0.1, 0.15) is 29.0 Å². The van der Waals surface area contributed by atoms with Crippen LogP contribution in [0.3, 0.4) is 0 Å². The molecule has 272 valence electrons. The number of carbonyl (C=O) groups is 5. The smallest absolute Gasteiger partial charge is 0.409 e. The van der Waals surface area contributed by atoms with Crippen molar-refractivity contribution < 1.29 is 48.0 Å². The van der Waals surface area contributed by atoms with Crippen molar-refractivity contribution in [1.29, 1.82) is 0 Å². The maximum Gasteiger partial charge on any atom is 0.409 e. The second-order valence-corrected chi connectivity index (χ2v) is 12.1. The van der Waals surface area contributed by atoms with E-state index in [1.807, 2.05) is 12.1 Å². The Labute approximate surface area is 295 Å². The number of hydrogen-bond donors (Lipinski definition) is 2. The predicted octanol–water partition coefficient (Wildman–Crippen LogP) is 3.26. The van der Waals surface area contributed by atoms with Crippen LogP contribution in [-0.2, 0) is 19.1 Å². The van der Waals surface area contributed by atoms with Crippen LogP contribution in [0.4, 0.5) is 4.79 Å². The van der Waals surface area contributed by atoms with Crippen LogP contribution in [0.1, 0.15) is 54.7 Å². The second-order valence-electron chi connectivity index (χ2n) is 12.1. The van der Waals surface area contributed by atoms with Gasteiger partial charge in [0.15, 0.2) is 6.61 Å². The largest absolute Gasteiger partial charge is 0.497 e. The van der Waals surface area contributed by atoms with Crippen molar-refractivity contribution in [3.8, 4) is 17.2 Å². The molecule has 0 radical (unpaired) electrons. The number of carboxylic acid groups (broad SMARTS) is 1. The summed E-state index contributed by atoms with van der Waals surface area (Å²) in [5.74, 6) is -1.03. The molecule has 2 fully saturated rings. The van der Waals surface area contributed by atoms with Gasteiger partial charge < -0.3 is 44.1 Å². The van der Waals surface area contributed by atoms with E-state index in [0.717, 1.165) is 18.4 Å². The van der Waals surface area contributed by atoms with Crippen molar-refractivity contribution in [2.45, 2.75) is 44.7 Å². The number of amides is 4. The first kappa shape index (κ1) is 36.7. The summed E-state index contributed by atoms with van der Waals surface area (Å²) in [5.41, 5.74) is 1.22. The van der Waals surface area contributed by atoms with Crippen molar-refractivity contribution in [2.75, 3.05) is 60.2 Å². The highest BCUT2D eigenvalue weighted by atomic mass is 16.6. The number of nitrogens with zero attached hydrogens (tertiary/aromatic N) is 4. The lowest BCUT2D eigenvalue weighted by atomic mass is 10.0. The van der Waals surface area contributed by atoms with Gasteiger partial charge in [-0.3, -0.25) is 19.2 Å². The molecule has 2 aliphatic rings. The molecule has 4 amide bonds. The molecule has 15 nitrogen and oxygen atoms in total. The van der Waals surface area contributed by atoms with Crippen LogP contribution in [0.2, 0.25) is 0 Å². The van der Waals surface area contributed by atoms with E-state index in [9.17, 15) is 29.1 Å². The number of fused-ring (bicyclic) bond motifs is 1. The van der Waals surface area contributed by atoms with E-state index in [4.69, 9.17) is 18.9 Å². The first-order valence-corrected chi connectivity index (χ1v) is 16.9. The molecule has 0 bridgehead atoms. The molecule has 3 heterocycles. The number of ether oxygens (including phenoxy) is 4. The lowest BCUT2D eigenvalue weighted by Gasteiger charge is -2.35. The van der Waals surface area contributed by atoms with E-state index in [1.54, 1.807) is 56.4 Å². The molecule has 1 aromatic heterocycles. The van der Waals surface area contributed by atoms with E-state index >= 15 is 0 Å². The summed E-state index contributed by atoms with van der Waals surface area (Å²) >= 11 is 0. The SMILES string of the molecule is CCOC(=O)N1CCN(C(=O)C(CCC(=O)O)NC(=O)c2cc(OCC(=O)N3CCC[C@H]3c3ccc(OC)cc3OC)c3ccccc3n2)CC1. The Hall–Kier alpha value is -5.60. The van der Waals surface area contributed by atoms with Gasteiger partial charge in [-0.1, -0.05) is 12.1 Å². The van der Waals surface area contributed by atoms with Gasteiger partial charge in [0.05, 0.1) is 32.4 Å². The summed E-state index contributed by atoms with van der Waals surface area (Å²) in [4.78, 5) is 73.5. The minimum absolute atomic E-state index is 0.0709. The van der Waals surface area contributed by atoms with Gasteiger partial charge in [0.25, 0.3) is 11.8 Å². The van der Waals surface area contributed by atoms with Crippen molar-refractivity contribution in [2.24, 2.45) is 0 Å². The molecule has 2 atom stereocenters. The summed E-state index contributed by atoms with van der Waals surface area (Å²) < 4.78 is 22.0. The first-order chi connectivity index (χ1) is 24.6. The number of para-hydroxylation sites is 1. The molecule has 1 unspecified atom stereocenters. The lowest BCUT2D eigenvalue weighted by molar-refractivity contribution is -0.138. The average Bonchev–Trinajstić information content (AvgIpc) is 3.64. The molecule has 0 aliphatic carbocycles. The highest BCUT2D eigenvalue weighted by molar-refractivity contribution is 5.99. The number of pyridine rings is 1. The maximum absolute atomic E-state index is 13.6. The zero-order valence-corrected chi connectivity index (χ0v) is 29.0. The highest BCUT2D eigenvalue weighted by Gasteiger charge is 2.33. The summed E-state index contributed by atoms with van der Waals surface area (Å²) in [7, 11) is 3.15. The number of methoxy groups -OCH3 is 2. The fourth-order valence-electron chi connectivity index (χ4n) is 6.39. The van der Waals surface area contributed by atoms with Gasteiger partial charge in [-0.15, -0.1) is 0 Å². The van der Waals surface area contributed by atoms with Crippen LogP contribution in [-0.4, -0.2) is 121 Å². The fourth-order valence-corrected chi connectivity index (χ4v) is 6.39. The molecule has 2 saturated heterocycles. The van der Waals surface area contributed by atoms with Crippen LogP contribution < -0.4 is 19.5 Å². The summed E-state index contributed by atoms with van der Waals surface area (Å²) in [6.45, 7) is 3.03. The topological polar surface area (TPSA) is 177 Å². The normalized spacial score (nSPS) is 16.4. The third-order valence-electron chi connectivity index (χ3n) is 9.00. The zero-order chi connectivity index (χ0) is 36.5. The molecule has 51 heavy (non-hydrogen) atoms. The van der Waals surface area contributed by atoms with Gasteiger partial charge in [0, 0.05) is 62.2 Å². The molecule has 2 aromatic carbocycles. The van der Waals surface area contributed by atoms with Gasteiger partial charge in [-0.2, -0.15) is 0 Å². The number of hydrogen-bond acceptors (Lipinski definition) is 10. The van der Waals surface area contributed by atoms with Crippen LogP contribution in [0.15, 0.2) is 48.5 Å². The molecule has 3 aromatic rings. The van der Waals surface area contributed by atoms with Crippen LogP contribution in [0.25, 0.3) is 10.9 Å². The minimum atomic E-state index is -1.16. The third kappa shape index (κ3) is 8.77. The Kier molecular flexibility index (Phi) is 12.1. The van der Waals surface area contributed by atoms with Crippen molar-refractivity contribution >= 4 is 40.7 Å². The molecule has 0 spiro atoms. The van der Waals surface area contributed by atoms with Gasteiger partial charge in [0.2, 0.25) is 5.91 Å². The van der Waals surface area contributed by atoms with Crippen LogP contribution in [0.5, 0.6) is 17.2 Å². The van der Waals surface area contributed by atoms with Gasteiger partial charge >= 0.3 is 12.1 Å². The van der Waals surface area contributed by atoms with Crippen molar-refractivity contribution in [1.82, 2.24) is 25.0 Å². The minimum Gasteiger partial charge on any atom is -0.497 e. The number of nitrogens with one attached hydrogen (secondary N) is 1. The second kappa shape index (κ2) is 16.9. The van der Waals surface area contributed by atoms with E-state index in [-0.39, 0.29) is 75.6 Å². The maximum atomic E-state index is 13.6. The highest BCUT2D eigenvalue weighted by Crippen LogP contribution is 2.39. The van der Waals surface area contributed by atoms with Gasteiger partial charge in [-0.05, 0) is 50.5 Å². The van der Waals surface area contributed by atoms with Crippen LogP contribution in [0, 0.1) is 0 Å². The monoisotopic (exact) mass is 705 g/mol. The Balaban J connectivity index is 1.31. The standard InChI is InChI=1S/C36H43N5O10/c1-4-50-36(47)40-18-16-39(17-19-40)35(46)27(13-14-33(43)44)38-34(45)28-21-31(24-8-5-6-9-26(24)37-28)51-22-32(42)41-15-7-10-29(41)25-12-11-23(48-2)20-30(25)49-3/h5-6,8-9,11-12,20-21,27,29H,4,7,10,13-19,22H2,1-3H3,(H,38,45)(H,43,44)/t27?,29-/m0/s1. The van der Waals surface area contributed by atoms with Gasteiger partial charge in [-0.25, -0.2) is 9.78 Å². The number of carboxylic acids is 1. The Bertz CT molecular complexity index is 1760. The summed E-state index contributed by atoms with van der Waals surface area (Å²) in [6.07, 6.45) is 0.567. The van der Waals surface area contributed by atoms with Crippen molar-refractivity contribution in [3.63, 3.8) is 0 Å². The molecule has 5 rings (SSSR count). The Morgan fingerprint density at radius 3 is 2.39 bits per heavy atom. The zero-order valence-electron chi connectivity index (χ0n) is 29.0. The number of carbonyl (C=O) groups excluding carboxylic acids is 4. The molecular weight excluding hydrogens is 662 g/mol. The lowest BCUT2D eigenvalue weighted by Crippen LogP contribution is -2.56. The fraction of sp³-hybridized carbons (Fsp3) is 0.444. The molecule has 2 N–H and O–H groups in total. The summed E-state index contributed by atoms with van der Waals surface area (Å²) in [6, 6.07) is 12.5. The quantitative estimate of drug-likeness (QED) is 0.267. The average molecular weight is 706 g/mol. The number of likely N-dealkylation sites (tertiary alicyclic amines) is 1. The van der Waals surface area contributed by atoms with Crippen molar-refractivity contribution in [3.05, 3.63) is 59.8 Å². The predicted molar refractivity (Wildman–Crippen MR) is 184 cm³/mol. The Morgan fingerprint density at radius 2 is 1.69 bits per heavy atom.